The molecule has 3 unspecified atom stereocenters. The Kier molecular flexibility index (Phi) is 65.9. The molecule has 0 heterocycles. The number of carbonyl (C=O) groups is 4. The number of rotatable bonds is 75. The molecule has 0 spiro atoms. The average molecular weight is 1420 g/mol. The van der Waals surface area contributed by atoms with Gasteiger partial charge in [0.05, 0.1) is 26.4 Å². The SMILES string of the molecule is CCC(C)CCCCCCCCC(=O)OC[C@H](COP(=O)(O)OC[C@H](O)COP(=O)(O)OC[C@@H](COC(=O)CCCCCCCCCCCCCCCCCC(C)C)OC(=O)CCCCCCCCCCCCCCCC(C)C)OC(=O)CCCCCCCCCCCCC(C)C. The highest BCUT2D eigenvalue weighted by Crippen LogP contribution is 2.45. The average Bonchev–Trinajstić information content (AvgIpc) is 1.09. The predicted octanol–water partition coefficient (Wildman–Crippen LogP) is 22.8. The Bertz CT molecular complexity index is 1900. The van der Waals surface area contributed by atoms with Gasteiger partial charge in [-0.05, 0) is 49.4 Å². The number of aliphatic hydroxyl groups excluding tert-OH is 1. The fraction of sp³-hybridized carbons (Fsp3) is 0.949. The highest BCUT2D eigenvalue weighted by Gasteiger charge is 2.30. The maximum Gasteiger partial charge on any atom is 0.472 e. The molecule has 0 rings (SSSR count). The Hall–Kier alpha value is -1.94. The summed E-state index contributed by atoms with van der Waals surface area (Å²) >= 11 is 0. The fourth-order valence-corrected chi connectivity index (χ4v) is 13.5. The Morgan fingerprint density at radius 2 is 0.495 bits per heavy atom. The molecule has 19 heteroatoms. The minimum Gasteiger partial charge on any atom is -0.462 e. The van der Waals surface area contributed by atoms with Crippen molar-refractivity contribution in [2.24, 2.45) is 23.7 Å². The van der Waals surface area contributed by atoms with Crippen LogP contribution in [-0.2, 0) is 65.4 Å². The van der Waals surface area contributed by atoms with Crippen LogP contribution in [0.4, 0.5) is 0 Å². The summed E-state index contributed by atoms with van der Waals surface area (Å²) in [6.07, 6.45) is 52.7. The first kappa shape index (κ1) is 95.1. The standard InChI is InChI=1S/C78H152O17P2/c1-9-71(8)57-49-41-36-37-43-51-59-76(81)89-65-74(95-78(83)61-53-45-35-29-23-22-26-32-40-48-56-70(6)7)67-93-97(86,87)91-63-72(79)62-90-96(84,85)92-66-73(94-77(82)60-52-44-34-28-21-17-13-15-19-25-31-39-47-55-69(4)5)64-88-75(80)58-50-42-33-27-20-16-12-10-11-14-18-24-30-38-46-54-68(2)3/h68-74,79H,9-67H2,1-8H3,(H,84,85)(H,86,87)/t71?,72-,73-,74-/m1/s1. The van der Waals surface area contributed by atoms with Gasteiger partial charge in [-0.25, -0.2) is 9.13 Å². The Morgan fingerprint density at radius 1 is 0.289 bits per heavy atom. The smallest absolute Gasteiger partial charge is 0.462 e. The van der Waals surface area contributed by atoms with Gasteiger partial charge in [0, 0.05) is 25.7 Å². The lowest BCUT2D eigenvalue weighted by Crippen LogP contribution is -2.30. The summed E-state index contributed by atoms with van der Waals surface area (Å²) in [7, 11) is -9.92. The van der Waals surface area contributed by atoms with Crippen LogP contribution >= 0.6 is 15.6 Å². The van der Waals surface area contributed by atoms with Gasteiger partial charge in [-0.1, -0.05) is 344 Å². The molecule has 0 saturated heterocycles. The Labute approximate surface area is 594 Å². The van der Waals surface area contributed by atoms with Crippen LogP contribution in [0, 0.1) is 23.7 Å². The number of unbranched alkanes of at least 4 members (excludes halogenated alkanes) is 40. The van der Waals surface area contributed by atoms with Crippen LogP contribution in [0.25, 0.3) is 0 Å². The van der Waals surface area contributed by atoms with E-state index in [1.807, 2.05) is 0 Å². The van der Waals surface area contributed by atoms with Crippen molar-refractivity contribution in [1.82, 2.24) is 0 Å². The third-order valence-electron chi connectivity index (χ3n) is 18.4. The van der Waals surface area contributed by atoms with E-state index in [0.29, 0.717) is 25.7 Å². The van der Waals surface area contributed by atoms with Crippen molar-refractivity contribution >= 4 is 39.5 Å². The zero-order chi connectivity index (χ0) is 71.7. The number of phosphoric acid groups is 2. The number of esters is 4. The van der Waals surface area contributed by atoms with E-state index >= 15 is 0 Å². The van der Waals surface area contributed by atoms with E-state index in [4.69, 9.17) is 37.0 Å². The summed E-state index contributed by atoms with van der Waals surface area (Å²) < 4.78 is 68.6. The summed E-state index contributed by atoms with van der Waals surface area (Å²) in [5.74, 6) is 0.957. The van der Waals surface area contributed by atoms with Crippen molar-refractivity contribution in [1.29, 1.82) is 0 Å². The van der Waals surface area contributed by atoms with Gasteiger partial charge in [0.1, 0.15) is 19.3 Å². The first-order valence-corrected chi connectivity index (χ1v) is 43.2. The second kappa shape index (κ2) is 67.2. The molecule has 6 atom stereocenters. The maximum absolute atomic E-state index is 13.1. The Morgan fingerprint density at radius 3 is 0.732 bits per heavy atom. The van der Waals surface area contributed by atoms with Gasteiger partial charge in [0.15, 0.2) is 12.2 Å². The minimum atomic E-state index is -4.96. The molecule has 0 aromatic rings. The van der Waals surface area contributed by atoms with Crippen LogP contribution in [-0.4, -0.2) is 96.7 Å². The first-order chi connectivity index (χ1) is 46.6. The van der Waals surface area contributed by atoms with Crippen molar-refractivity contribution in [3.8, 4) is 0 Å². The third-order valence-corrected chi connectivity index (χ3v) is 20.3. The second-order valence-corrected chi connectivity index (χ2v) is 32.7. The van der Waals surface area contributed by atoms with Crippen LogP contribution in [0.15, 0.2) is 0 Å². The summed E-state index contributed by atoms with van der Waals surface area (Å²) in [6, 6.07) is 0. The normalized spacial score (nSPS) is 14.4. The zero-order valence-electron chi connectivity index (χ0n) is 63.7. The van der Waals surface area contributed by atoms with E-state index in [2.05, 4.69) is 55.4 Å². The van der Waals surface area contributed by atoms with Gasteiger partial charge >= 0.3 is 39.5 Å². The molecule has 0 aromatic heterocycles. The minimum absolute atomic E-state index is 0.105. The maximum atomic E-state index is 13.1. The molecule has 0 aromatic carbocycles. The van der Waals surface area contributed by atoms with Crippen molar-refractivity contribution in [2.45, 2.75) is 414 Å². The molecule has 0 saturated carbocycles. The highest BCUT2D eigenvalue weighted by molar-refractivity contribution is 7.47. The van der Waals surface area contributed by atoms with Gasteiger partial charge in [-0.15, -0.1) is 0 Å². The summed E-state index contributed by atoms with van der Waals surface area (Å²) in [6.45, 7) is 14.2. The van der Waals surface area contributed by atoms with Crippen molar-refractivity contribution < 1.29 is 80.2 Å². The molecule has 0 aliphatic heterocycles. The molecule has 0 fully saturated rings. The highest BCUT2D eigenvalue weighted by atomic mass is 31.2. The monoisotopic (exact) mass is 1420 g/mol. The van der Waals surface area contributed by atoms with Crippen molar-refractivity contribution in [3.63, 3.8) is 0 Å². The van der Waals surface area contributed by atoms with Crippen LogP contribution in [0.1, 0.15) is 396 Å². The third kappa shape index (κ3) is 70.9. The van der Waals surface area contributed by atoms with Gasteiger partial charge in [-0.2, -0.15) is 0 Å². The van der Waals surface area contributed by atoms with Gasteiger partial charge in [0.2, 0.25) is 0 Å². The first-order valence-electron chi connectivity index (χ1n) is 40.2. The van der Waals surface area contributed by atoms with E-state index in [0.717, 1.165) is 120 Å². The van der Waals surface area contributed by atoms with E-state index in [1.165, 1.54) is 193 Å². The number of hydrogen-bond donors (Lipinski definition) is 3. The molecule has 97 heavy (non-hydrogen) atoms. The second-order valence-electron chi connectivity index (χ2n) is 29.8. The molecule has 17 nitrogen and oxygen atoms in total. The van der Waals surface area contributed by atoms with Crippen molar-refractivity contribution in [3.05, 3.63) is 0 Å². The van der Waals surface area contributed by atoms with E-state index in [9.17, 15) is 43.2 Å². The quantitative estimate of drug-likeness (QED) is 0.0222. The van der Waals surface area contributed by atoms with Crippen LogP contribution in [0.3, 0.4) is 0 Å². The van der Waals surface area contributed by atoms with Gasteiger partial charge in [-0.3, -0.25) is 37.3 Å². The lowest BCUT2D eigenvalue weighted by molar-refractivity contribution is -0.161. The molecule has 0 aliphatic rings. The van der Waals surface area contributed by atoms with Crippen molar-refractivity contribution in [2.75, 3.05) is 39.6 Å². The van der Waals surface area contributed by atoms with E-state index in [-0.39, 0.29) is 25.7 Å². The molecular formula is C78H152O17P2. The van der Waals surface area contributed by atoms with Crippen LogP contribution < -0.4 is 0 Å². The lowest BCUT2D eigenvalue weighted by Gasteiger charge is -2.21. The summed E-state index contributed by atoms with van der Waals surface area (Å²) in [4.78, 5) is 72.9. The van der Waals surface area contributed by atoms with E-state index in [1.54, 1.807) is 0 Å². The molecular weight excluding hydrogens is 1270 g/mol. The lowest BCUT2D eigenvalue weighted by atomic mass is 10.00. The molecule has 0 amide bonds. The molecule has 0 bridgehead atoms. The Balaban J connectivity index is 5.25. The molecule has 576 valence electrons. The summed E-state index contributed by atoms with van der Waals surface area (Å²) in [5, 5.41) is 10.6. The van der Waals surface area contributed by atoms with Gasteiger partial charge in [0.25, 0.3) is 0 Å². The van der Waals surface area contributed by atoms with Gasteiger partial charge < -0.3 is 33.8 Å². The topological polar surface area (TPSA) is 237 Å². The largest absolute Gasteiger partial charge is 0.472 e. The zero-order valence-corrected chi connectivity index (χ0v) is 65.5. The van der Waals surface area contributed by atoms with Crippen LogP contribution in [0.5, 0.6) is 0 Å². The number of carbonyl (C=O) groups excluding carboxylic acids is 4. The number of hydrogen-bond acceptors (Lipinski definition) is 15. The van der Waals surface area contributed by atoms with E-state index < -0.39 is 97.5 Å². The molecule has 0 radical (unpaired) electrons. The number of aliphatic hydroxyl groups is 1. The summed E-state index contributed by atoms with van der Waals surface area (Å²) in [5.41, 5.74) is 0. The number of ether oxygens (including phenoxy) is 4. The fourth-order valence-electron chi connectivity index (χ4n) is 11.9. The number of phosphoric ester groups is 2. The predicted molar refractivity (Wildman–Crippen MR) is 395 cm³/mol. The molecule has 3 N–H and O–H groups in total. The van der Waals surface area contributed by atoms with Crippen LogP contribution in [0.2, 0.25) is 0 Å². The molecule has 0 aliphatic carbocycles.